The minimum Gasteiger partial charge on any atom is -0.355 e. The van der Waals surface area contributed by atoms with Crippen LogP contribution in [0.1, 0.15) is 44.6 Å². The molecule has 0 fully saturated rings. The van der Waals surface area contributed by atoms with Gasteiger partial charge in [0.25, 0.3) is 0 Å². The first-order chi connectivity index (χ1) is 13.3. The molecule has 0 radical (unpaired) electrons. The second-order valence-electron chi connectivity index (χ2n) is 7.75. The van der Waals surface area contributed by atoms with Gasteiger partial charge in [-0.1, -0.05) is 18.2 Å². The molecule has 1 aromatic carbocycles. The van der Waals surface area contributed by atoms with Crippen LogP contribution < -0.4 is 10.6 Å². The number of aryl methyl sites for hydroxylation is 2. The molecule has 0 unspecified atom stereocenters. The number of aliphatic imine (C=N–C) groups is 1. The molecule has 1 aromatic heterocycles. The summed E-state index contributed by atoms with van der Waals surface area (Å²) < 4.78 is 2.01. The Labute approximate surface area is 170 Å². The molecule has 0 saturated carbocycles. The van der Waals surface area contributed by atoms with E-state index in [1.807, 2.05) is 18.7 Å². The Balaban J connectivity index is 1.98. The molecule has 6 nitrogen and oxygen atoms in total. The quantitative estimate of drug-likeness (QED) is 0.542. The van der Waals surface area contributed by atoms with Crippen molar-refractivity contribution in [2.75, 3.05) is 20.1 Å². The summed E-state index contributed by atoms with van der Waals surface area (Å²) in [7, 11) is 1.81. The van der Waals surface area contributed by atoms with Gasteiger partial charge in [0, 0.05) is 44.5 Å². The molecule has 0 amide bonds. The lowest BCUT2D eigenvalue weighted by Crippen LogP contribution is -2.45. The van der Waals surface area contributed by atoms with Crippen LogP contribution in [0.25, 0.3) is 5.69 Å². The maximum Gasteiger partial charge on any atom is 0.191 e. The van der Waals surface area contributed by atoms with Gasteiger partial charge in [-0.25, -0.2) is 4.68 Å². The maximum absolute atomic E-state index is 4.63. The lowest BCUT2D eigenvalue weighted by Gasteiger charge is -2.30. The molecule has 28 heavy (non-hydrogen) atoms. The zero-order chi connectivity index (χ0) is 20.7. The summed E-state index contributed by atoms with van der Waals surface area (Å²) >= 11 is 0. The van der Waals surface area contributed by atoms with Crippen molar-refractivity contribution in [3.63, 3.8) is 0 Å². The first-order valence-electron chi connectivity index (χ1n) is 10.1. The molecule has 1 heterocycles. The fourth-order valence-electron chi connectivity index (χ4n) is 3.56. The molecule has 0 aliphatic carbocycles. The van der Waals surface area contributed by atoms with Gasteiger partial charge in [-0.2, -0.15) is 5.10 Å². The average molecular weight is 385 g/mol. The first-order valence-corrected chi connectivity index (χ1v) is 10.1. The predicted molar refractivity (Wildman–Crippen MR) is 118 cm³/mol. The van der Waals surface area contributed by atoms with E-state index in [4.69, 9.17) is 0 Å². The Hall–Kier alpha value is -2.34. The standard InChI is InChI=1S/C22H36N6/c1-16(2)27(17(3)4)13-12-24-22(23-7)25-15-20-10-8-9-11-21(20)28-19(6)14-18(5)26-28/h8-11,14,16-17H,12-13,15H2,1-7H3,(H2,23,24,25). The van der Waals surface area contributed by atoms with Gasteiger partial charge in [0.15, 0.2) is 5.96 Å². The zero-order valence-electron chi connectivity index (χ0n) is 18.5. The van der Waals surface area contributed by atoms with Crippen LogP contribution in [-0.2, 0) is 6.54 Å². The van der Waals surface area contributed by atoms with Gasteiger partial charge in [0.1, 0.15) is 0 Å². The van der Waals surface area contributed by atoms with Crippen molar-refractivity contribution >= 4 is 5.96 Å². The summed E-state index contributed by atoms with van der Waals surface area (Å²) in [4.78, 5) is 6.84. The van der Waals surface area contributed by atoms with Crippen molar-refractivity contribution in [1.29, 1.82) is 0 Å². The Morgan fingerprint density at radius 2 is 1.79 bits per heavy atom. The van der Waals surface area contributed by atoms with Crippen LogP contribution >= 0.6 is 0 Å². The van der Waals surface area contributed by atoms with E-state index in [1.165, 1.54) is 5.56 Å². The molecular formula is C22H36N6. The summed E-state index contributed by atoms with van der Waals surface area (Å²) in [6.45, 7) is 15.6. The number of guanidine groups is 1. The van der Waals surface area contributed by atoms with Crippen molar-refractivity contribution in [3.8, 4) is 5.69 Å². The third-order valence-electron chi connectivity index (χ3n) is 4.89. The third kappa shape index (κ3) is 5.83. The fourth-order valence-corrected chi connectivity index (χ4v) is 3.56. The van der Waals surface area contributed by atoms with Crippen molar-refractivity contribution in [1.82, 2.24) is 25.3 Å². The number of rotatable bonds is 8. The van der Waals surface area contributed by atoms with Gasteiger partial charge in [-0.05, 0) is 59.2 Å². The van der Waals surface area contributed by atoms with Crippen LogP contribution in [-0.4, -0.2) is 52.9 Å². The SMILES string of the molecule is CN=C(NCCN(C(C)C)C(C)C)NCc1ccccc1-n1nc(C)cc1C. The van der Waals surface area contributed by atoms with E-state index in [0.29, 0.717) is 18.6 Å². The Morgan fingerprint density at radius 1 is 1.11 bits per heavy atom. The van der Waals surface area contributed by atoms with Gasteiger partial charge < -0.3 is 10.6 Å². The van der Waals surface area contributed by atoms with Crippen molar-refractivity contribution in [3.05, 3.63) is 47.3 Å². The second-order valence-corrected chi connectivity index (χ2v) is 7.75. The minimum atomic E-state index is 0.532. The average Bonchev–Trinajstić information content (AvgIpc) is 2.98. The topological polar surface area (TPSA) is 57.5 Å². The lowest BCUT2D eigenvalue weighted by atomic mass is 10.1. The van der Waals surface area contributed by atoms with E-state index >= 15 is 0 Å². The van der Waals surface area contributed by atoms with Crippen LogP contribution in [0, 0.1) is 13.8 Å². The molecule has 2 rings (SSSR count). The third-order valence-corrected chi connectivity index (χ3v) is 4.89. The lowest BCUT2D eigenvalue weighted by molar-refractivity contribution is 0.178. The van der Waals surface area contributed by atoms with Crippen molar-refractivity contribution < 1.29 is 0 Å². The Kier molecular flexibility index (Phi) is 8.05. The Bertz CT molecular complexity index is 767. The number of hydrogen-bond donors (Lipinski definition) is 2. The molecule has 0 saturated heterocycles. The molecule has 0 atom stereocenters. The van der Waals surface area contributed by atoms with Crippen molar-refractivity contribution in [2.24, 2.45) is 4.99 Å². The molecule has 2 aromatic rings. The highest BCUT2D eigenvalue weighted by Crippen LogP contribution is 2.16. The monoisotopic (exact) mass is 384 g/mol. The summed E-state index contributed by atoms with van der Waals surface area (Å²) in [6, 6.07) is 11.5. The van der Waals surface area contributed by atoms with Gasteiger partial charge in [-0.15, -0.1) is 0 Å². The zero-order valence-corrected chi connectivity index (χ0v) is 18.5. The van der Waals surface area contributed by atoms with E-state index in [0.717, 1.165) is 36.1 Å². The van der Waals surface area contributed by atoms with Crippen LogP contribution in [0.15, 0.2) is 35.3 Å². The molecule has 0 spiro atoms. The highest BCUT2D eigenvalue weighted by atomic mass is 15.3. The molecule has 154 valence electrons. The normalized spacial score (nSPS) is 12.3. The summed E-state index contributed by atoms with van der Waals surface area (Å²) in [5.41, 5.74) is 4.44. The van der Waals surface area contributed by atoms with Crippen LogP contribution in [0.2, 0.25) is 0 Å². The van der Waals surface area contributed by atoms with E-state index in [-0.39, 0.29) is 0 Å². The second kappa shape index (κ2) is 10.3. The van der Waals surface area contributed by atoms with E-state index < -0.39 is 0 Å². The summed E-state index contributed by atoms with van der Waals surface area (Å²) in [6.07, 6.45) is 0. The minimum absolute atomic E-state index is 0.532. The highest BCUT2D eigenvalue weighted by Gasteiger charge is 2.13. The van der Waals surface area contributed by atoms with E-state index in [2.05, 4.69) is 90.6 Å². The fraction of sp³-hybridized carbons (Fsp3) is 0.545. The molecular weight excluding hydrogens is 348 g/mol. The van der Waals surface area contributed by atoms with Gasteiger partial charge in [-0.3, -0.25) is 9.89 Å². The number of aromatic nitrogens is 2. The molecule has 0 bridgehead atoms. The van der Waals surface area contributed by atoms with Crippen molar-refractivity contribution in [2.45, 2.75) is 60.2 Å². The van der Waals surface area contributed by atoms with Crippen LogP contribution in [0.4, 0.5) is 0 Å². The Morgan fingerprint density at radius 3 is 2.36 bits per heavy atom. The predicted octanol–water partition coefficient (Wildman–Crippen LogP) is 3.27. The number of nitrogens with one attached hydrogen (secondary N) is 2. The molecule has 0 aliphatic rings. The van der Waals surface area contributed by atoms with E-state index in [9.17, 15) is 0 Å². The maximum atomic E-state index is 4.63. The number of para-hydroxylation sites is 1. The largest absolute Gasteiger partial charge is 0.355 e. The highest BCUT2D eigenvalue weighted by molar-refractivity contribution is 5.79. The molecule has 6 heteroatoms. The smallest absolute Gasteiger partial charge is 0.191 e. The van der Waals surface area contributed by atoms with Crippen LogP contribution in [0.5, 0.6) is 0 Å². The number of hydrogen-bond acceptors (Lipinski definition) is 3. The molecule has 0 aliphatic heterocycles. The van der Waals surface area contributed by atoms with Crippen LogP contribution in [0.3, 0.4) is 0 Å². The first kappa shape index (κ1) is 22.0. The van der Waals surface area contributed by atoms with Gasteiger partial charge in [0.05, 0.1) is 11.4 Å². The van der Waals surface area contributed by atoms with Gasteiger partial charge >= 0.3 is 0 Å². The summed E-state index contributed by atoms with van der Waals surface area (Å²) in [5.74, 6) is 0.815. The van der Waals surface area contributed by atoms with Gasteiger partial charge in [0.2, 0.25) is 0 Å². The number of benzene rings is 1. The van der Waals surface area contributed by atoms with E-state index in [1.54, 1.807) is 0 Å². The molecule has 2 N–H and O–H groups in total. The number of nitrogens with zero attached hydrogens (tertiary/aromatic N) is 4. The summed E-state index contributed by atoms with van der Waals surface area (Å²) in [5, 5.41) is 11.5.